The van der Waals surface area contributed by atoms with Crippen LogP contribution >= 0.6 is 0 Å². The Morgan fingerprint density at radius 3 is 2.59 bits per heavy atom. The molecule has 4 nitrogen and oxygen atoms in total. The van der Waals surface area contributed by atoms with E-state index in [0.29, 0.717) is 12.3 Å². The van der Waals surface area contributed by atoms with Gasteiger partial charge in [-0.05, 0) is 80.2 Å². The monoisotopic (exact) mass is 363 g/mol. The van der Waals surface area contributed by atoms with Crippen LogP contribution in [0.1, 0.15) is 22.3 Å². The summed E-state index contributed by atoms with van der Waals surface area (Å²) in [6.07, 6.45) is 1.66. The molecule has 0 unspecified atom stereocenters. The fraction of sp³-hybridized carbons (Fsp3) is 0.217. The second-order valence-corrected chi connectivity index (χ2v) is 6.91. The molecule has 0 radical (unpaired) electrons. The van der Waals surface area contributed by atoms with Crippen molar-refractivity contribution in [3.63, 3.8) is 0 Å². The van der Waals surface area contributed by atoms with Crippen LogP contribution in [0.2, 0.25) is 0 Å². The molecule has 0 saturated carbocycles. The molecule has 1 N–H and O–H groups in total. The van der Waals surface area contributed by atoms with E-state index in [0.717, 1.165) is 44.9 Å². The lowest BCUT2D eigenvalue weighted by Crippen LogP contribution is -2.11. The highest BCUT2D eigenvalue weighted by Gasteiger charge is 2.15. The second-order valence-electron chi connectivity index (χ2n) is 6.91. The van der Waals surface area contributed by atoms with Crippen LogP contribution in [0.4, 0.5) is 0 Å². The average molecular weight is 363 g/mol. The summed E-state index contributed by atoms with van der Waals surface area (Å²) in [7, 11) is 5.61. The minimum Gasteiger partial charge on any atom is -0.507 e. The number of rotatable bonds is 6. The Kier molecular flexibility index (Phi) is 5.38. The van der Waals surface area contributed by atoms with E-state index in [1.54, 1.807) is 13.4 Å². The molecule has 3 aromatic rings. The molecule has 0 bridgehead atoms. The molecule has 0 amide bonds. The van der Waals surface area contributed by atoms with Crippen molar-refractivity contribution in [2.24, 2.45) is 0 Å². The third kappa shape index (κ3) is 3.91. The molecule has 140 valence electrons. The van der Waals surface area contributed by atoms with Gasteiger partial charge in [-0.15, -0.1) is 0 Å². The van der Waals surface area contributed by atoms with Gasteiger partial charge >= 0.3 is 0 Å². The van der Waals surface area contributed by atoms with E-state index in [9.17, 15) is 5.11 Å². The fourth-order valence-corrected chi connectivity index (χ4v) is 3.18. The largest absolute Gasteiger partial charge is 0.507 e. The van der Waals surface area contributed by atoms with Gasteiger partial charge in [0.25, 0.3) is 0 Å². The van der Waals surface area contributed by atoms with Crippen molar-refractivity contribution in [2.45, 2.75) is 13.5 Å². The van der Waals surface area contributed by atoms with Crippen LogP contribution in [-0.2, 0) is 6.54 Å². The minimum atomic E-state index is 0.330. The number of aromatic hydroxyl groups is 1. The van der Waals surface area contributed by atoms with E-state index in [2.05, 4.69) is 6.58 Å². The maximum absolute atomic E-state index is 10.4. The van der Waals surface area contributed by atoms with E-state index in [1.165, 1.54) is 0 Å². The molecule has 0 spiro atoms. The van der Waals surface area contributed by atoms with Crippen molar-refractivity contribution in [1.29, 1.82) is 0 Å². The maximum atomic E-state index is 10.4. The predicted octanol–water partition coefficient (Wildman–Crippen LogP) is 5.09. The van der Waals surface area contributed by atoms with Gasteiger partial charge in [-0.3, -0.25) is 0 Å². The van der Waals surface area contributed by atoms with Crippen LogP contribution in [0, 0.1) is 6.92 Å². The topological polar surface area (TPSA) is 45.8 Å². The maximum Gasteiger partial charge on any atom is 0.133 e. The molecule has 0 atom stereocenters. The summed E-state index contributed by atoms with van der Waals surface area (Å²) in [5, 5.41) is 10.4. The molecule has 3 rings (SSSR count). The van der Waals surface area contributed by atoms with Gasteiger partial charge in [0, 0.05) is 23.2 Å². The Hall–Kier alpha value is -2.98. The summed E-state index contributed by atoms with van der Waals surface area (Å²) < 4.78 is 11.1. The quantitative estimate of drug-likeness (QED) is 0.662. The summed E-state index contributed by atoms with van der Waals surface area (Å²) >= 11 is 0. The number of aryl methyl sites for hydroxylation is 1. The second kappa shape index (κ2) is 7.72. The molecule has 0 aliphatic heterocycles. The Morgan fingerprint density at radius 1 is 1.19 bits per heavy atom. The summed E-state index contributed by atoms with van der Waals surface area (Å²) in [4.78, 5) is 2.03. The third-order valence-electron chi connectivity index (χ3n) is 4.54. The van der Waals surface area contributed by atoms with E-state index in [1.807, 2.05) is 68.4 Å². The van der Waals surface area contributed by atoms with E-state index in [-0.39, 0.29) is 0 Å². The number of hydrogen-bond acceptors (Lipinski definition) is 4. The number of hydrogen-bond donors (Lipinski definition) is 1. The number of methoxy groups -OCH3 is 1. The highest BCUT2D eigenvalue weighted by Crippen LogP contribution is 2.36. The normalized spacial score (nSPS) is 11.0. The van der Waals surface area contributed by atoms with Crippen molar-refractivity contribution < 1.29 is 14.3 Å². The number of ether oxygens (including phenoxy) is 1. The first-order valence-electron chi connectivity index (χ1n) is 8.79. The standard InChI is InChI=1S/C23H25NO3/c1-15-11-18(12-19(23(15)25)14-24(3)4)16(2)20-13-17(8-9-22(20)26-5)21-7-6-10-27-21/h6-13,25H,2,14H2,1,3-5H3. The molecule has 1 aromatic heterocycles. The van der Waals surface area contributed by atoms with Gasteiger partial charge in [-0.1, -0.05) is 6.58 Å². The highest BCUT2D eigenvalue weighted by molar-refractivity contribution is 5.84. The van der Waals surface area contributed by atoms with Crippen LogP contribution < -0.4 is 4.74 Å². The average Bonchev–Trinajstić information content (AvgIpc) is 3.18. The number of nitrogens with zero attached hydrogens (tertiary/aromatic N) is 1. The lowest BCUT2D eigenvalue weighted by Gasteiger charge is -2.17. The van der Waals surface area contributed by atoms with Crippen LogP contribution in [0.5, 0.6) is 11.5 Å². The molecular weight excluding hydrogens is 338 g/mol. The Balaban J connectivity index is 2.07. The summed E-state index contributed by atoms with van der Waals surface area (Å²) in [5.74, 6) is 1.87. The molecule has 4 heteroatoms. The van der Waals surface area contributed by atoms with Gasteiger partial charge in [-0.25, -0.2) is 0 Å². The number of phenolic OH excluding ortho intramolecular Hbond substituents is 1. The molecular formula is C23H25NO3. The lowest BCUT2D eigenvalue weighted by molar-refractivity contribution is 0.385. The summed E-state index contributed by atoms with van der Waals surface area (Å²) in [5.41, 5.74) is 5.35. The van der Waals surface area contributed by atoms with Crippen molar-refractivity contribution in [3.05, 3.63) is 77.6 Å². The first-order valence-corrected chi connectivity index (χ1v) is 8.79. The first-order chi connectivity index (χ1) is 12.9. The zero-order chi connectivity index (χ0) is 19.6. The van der Waals surface area contributed by atoms with Gasteiger partial charge in [0.05, 0.1) is 13.4 Å². The zero-order valence-electron chi connectivity index (χ0n) is 16.2. The van der Waals surface area contributed by atoms with Crippen molar-refractivity contribution >= 4 is 5.57 Å². The van der Waals surface area contributed by atoms with Gasteiger partial charge in [-0.2, -0.15) is 0 Å². The Labute approximate surface area is 160 Å². The predicted molar refractivity (Wildman–Crippen MR) is 109 cm³/mol. The molecule has 0 fully saturated rings. The summed E-state index contributed by atoms with van der Waals surface area (Å²) in [6.45, 7) is 6.87. The van der Waals surface area contributed by atoms with Crippen molar-refractivity contribution in [3.8, 4) is 22.8 Å². The SMILES string of the molecule is C=C(c1cc(C)c(O)c(CN(C)C)c1)c1cc(-c2ccco2)ccc1OC. The molecule has 1 heterocycles. The number of phenols is 1. The molecule has 27 heavy (non-hydrogen) atoms. The van der Waals surface area contributed by atoms with Crippen LogP contribution in [-0.4, -0.2) is 31.2 Å². The van der Waals surface area contributed by atoms with Gasteiger partial charge in [0.15, 0.2) is 0 Å². The van der Waals surface area contributed by atoms with Crippen LogP contribution in [0.3, 0.4) is 0 Å². The molecule has 0 saturated heterocycles. The van der Waals surface area contributed by atoms with Crippen LogP contribution in [0.15, 0.2) is 59.7 Å². The Morgan fingerprint density at radius 2 is 1.96 bits per heavy atom. The van der Waals surface area contributed by atoms with Gasteiger partial charge in [0.1, 0.15) is 17.3 Å². The molecule has 0 aliphatic rings. The minimum absolute atomic E-state index is 0.330. The molecule has 2 aromatic carbocycles. The summed E-state index contributed by atoms with van der Waals surface area (Å²) in [6, 6.07) is 13.6. The Bertz CT molecular complexity index is 956. The lowest BCUT2D eigenvalue weighted by atomic mass is 9.93. The van der Waals surface area contributed by atoms with E-state index < -0.39 is 0 Å². The number of benzene rings is 2. The van der Waals surface area contributed by atoms with Gasteiger partial charge < -0.3 is 19.2 Å². The molecule has 0 aliphatic carbocycles. The smallest absolute Gasteiger partial charge is 0.133 e. The van der Waals surface area contributed by atoms with E-state index in [4.69, 9.17) is 9.15 Å². The highest BCUT2D eigenvalue weighted by atomic mass is 16.5. The van der Waals surface area contributed by atoms with Crippen molar-refractivity contribution in [2.75, 3.05) is 21.2 Å². The third-order valence-corrected chi connectivity index (χ3v) is 4.54. The fourth-order valence-electron chi connectivity index (χ4n) is 3.18. The van der Waals surface area contributed by atoms with Crippen molar-refractivity contribution in [1.82, 2.24) is 4.90 Å². The first kappa shape index (κ1) is 18.8. The zero-order valence-corrected chi connectivity index (χ0v) is 16.2. The van der Waals surface area contributed by atoms with Crippen LogP contribution in [0.25, 0.3) is 16.9 Å². The van der Waals surface area contributed by atoms with Gasteiger partial charge in [0.2, 0.25) is 0 Å². The number of furan rings is 1. The van der Waals surface area contributed by atoms with E-state index >= 15 is 0 Å².